The number of anilines is 2. The second-order valence-corrected chi connectivity index (χ2v) is 14.5. The number of hydrogen-bond donors (Lipinski definition) is 0. The lowest BCUT2D eigenvalue weighted by molar-refractivity contribution is 1.27. The van der Waals surface area contributed by atoms with Gasteiger partial charge in [0.1, 0.15) is 0 Å². The third-order valence-electron chi connectivity index (χ3n) is 11.0. The average molecular weight is 741 g/mol. The molecule has 0 unspecified atom stereocenters. The summed E-state index contributed by atoms with van der Waals surface area (Å²) in [4.78, 5) is 16.3. The molecule has 2 aliphatic rings. The number of nitrogens with zero attached hydrogens (tertiary/aromatic N) is 4. The first-order chi connectivity index (χ1) is 28.8. The molecule has 2 heterocycles. The van der Waals surface area contributed by atoms with Gasteiger partial charge >= 0.3 is 13.7 Å². The predicted octanol–water partition coefficient (Wildman–Crippen LogP) is 9.09. The van der Waals surface area contributed by atoms with Crippen LogP contribution in [0.2, 0.25) is 0 Å². The van der Waals surface area contributed by atoms with E-state index < -0.39 is 0 Å². The molecule has 0 N–H and O–H groups in total. The summed E-state index contributed by atoms with van der Waals surface area (Å²) >= 11 is 0. The van der Waals surface area contributed by atoms with Gasteiger partial charge in [0.05, 0.1) is 34.2 Å². The fraction of sp³-hybridized carbons (Fsp3) is 0. The highest BCUT2D eigenvalue weighted by atomic mass is 15.2. The van der Waals surface area contributed by atoms with Crippen molar-refractivity contribution < 1.29 is 0 Å². The zero-order chi connectivity index (χ0) is 38.7. The van der Waals surface area contributed by atoms with Crippen LogP contribution in [0.3, 0.4) is 0 Å². The van der Waals surface area contributed by atoms with Gasteiger partial charge in [0.25, 0.3) is 0 Å². The summed E-state index contributed by atoms with van der Waals surface area (Å²) in [6.45, 7) is -0.407. The Morgan fingerprint density at radius 2 is 0.534 bits per heavy atom. The molecule has 0 saturated carbocycles. The SMILES string of the molecule is c1ccc(/N=C2/C(=C3/C(=N/c4ccccc4)c4ccccc4N3B(c3ccccc3)c3ccccc3)N(B(c3ccccc3)c3ccccc3)c3ccccc32)cc1. The lowest BCUT2D eigenvalue weighted by Gasteiger charge is -2.35. The van der Waals surface area contributed by atoms with E-state index in [1.54, 1.807) is 0 Å². The summed E-state index contributed by atoms with van der Waals surface area (Å²) in [5.74, 6) is 0. The van der Waals surface area contributed by atoms with E-state index in [0.717, 1.165) is 56.7 Å². The van der Waals surface area contributed by atoms with Crippen molar-refractivity contribution in [1.29, 1.82) is 0 Å². The van der Waals surface area contributed by atoms with Crippen molar-refractivity contribution in [1.82, 2.24) is 0 Å². The van der Waals surface area contributed by atoms with Crippen LogP contribution in [0.1, 0.15) is 11.1 Å². The number of hydrogen-bond acceptors (Lipinski definition) is 4. The Labute approximate surface area is 341 Å². The van der Waals surface area contributed by atoms with Gasteiger partial charge in [-0.25, -0.2) is 9.98 Å². The molecule has 0 radical (unpaired) electrons. The molecule has 2 aliphatic heterocycles. The summed E-state index contributed by atoms with van der Waals surface area (Å²) in [6, 6.07) is 81.6. The molecule has 58 heavy (non-hydrogen) atoms. The second kappa shape index (κ2) is 15.6. The molecule has 272 valence electrons. The zero-order valence-electron chi connectivity index (χ0n) is 31.9. The summed E-state index contributed by atoms with van der Waals surface area (Å²) < 4.78 is 0. The van der Waals surface area contributed by atoms with Gasteiger partial charge in [0.15, 0.2) is 0 Å². The fourth-order valence-corrected chi connectivity index (χ4v) is 8.49. The van der Waals surface area contributed by atoms with Crippen LogP contribution in [0.25, 0.3) is 0 Å². The van der Waals surface area contributed by atoms with E-state index >= 15 is 0 Å². The van der Waals surface area contributed by atoms with E-state index in [4.69, 9.17) is 9.98 Å². The van der Waals surface area contributed by atoms with Crippen molar-refractivity contribution in [2.75, 3.05) is 9.62 Å². The summed E-state index contributed by atoms with van der Waals surface area (Å²) in [7, 11) is 0. The van der Waals surface area contributed by atoms with Crippen LogP contribution in [0.5, 0.6) is 0 Å². The molecule has 0 fully saturated rings. The number of allylic oxidation sites excluding steroid dienone is 2. The maximum Gasteiger partial charge on any atom is 0.328 e. The number of rotatable bonds is 8. The smallest absolute Gasteiger partial charge is 0.328 e. The number of aliphatic imine (C=N–C) groups is 2. The molecule has 0 saturated heterocycles. The minimum atomic E-state index is -0.204. The Balaban J connectivity index is 1.39. The van der Waals surface area contributed by atoms with E-state index in [1.165, 1.54) is 21.9 Å². The lowest BCUT2D eigenvalue weighted by Crippen LogP contribution is -2.59. The Morgan fingerprint density at radius 1 is 0.276 bits per heavy atom. The largest absolute Gasteiger partial charge is 0.373 e. The van der Waals surface area contributed by atoms with Crippen molar-refractivity contribution in [3.63, 3.8) is 0 Å². The topological polar surface area (TPSA) is 31.2 Å². The Bertz CT molecular complexity index is 2500. The van der Waals surface area contributed by atoms with Gasteiger partial charge in [-0.15, -0.1) is 0 Å². The predicted molar refractivity (Wildman–Crippen MR) is 246 cm³/mol. The highest BCUT2D eigenvalue weighted by Crippen LogP contribution is 2.45. The monoisotopic (exact) mass is 740 g/mol. The molecule has 8 aromatic rings. The van der Waals surface area contributed by atoms with Gasteiger partial charge in [0.2, 0.25) is 0 Å². The average Bonchev–Trinajstić information content (AvgIpc) is 3.77. The molecular formula is C52H38B2N4. The van der Waals surface area contributed by atoms with Crippen molar-refractivity contribution >= 4 is 69.7 Å². The highest BCUT2D eigenvalue weighted by molar-refractivity contribution is 6.91. The zero-order valence-corrected chi connectivity index (χ0v) is 31.9. The molecule has 0 amide bonds. The molecule has 10 rings (SSSR count). The summed E-state index contributed by atoms with van der Waals surface area (Å²) in [5.41, 5.74) is 14.5. The van der Waals surface area contributed by atoms with Crippen molar-refractivity contribution in [3.8, 4) is 0 Å². The van der Waals surface area contributed by atoms with Gasteiger partial charge in [-0.05, 0) is 36.4 Å². The lowest BCUT2D eigenvalue weighted by atomic mass is 9.48. The second-order valence-electron chi connectivity index (χ2n) is 14.5. The van der Waals surface area contributed by atoms with E-state index in [9.17, 15) is 0 Å². The summed E-state index contributed by atoms with van der Waals surface area (Å²) in [6.07, 6.45) is 0. The first-order valence-electron chi connectivity index (χ1n) is 19.8. The van der Waals surface area contributed by atoms with Gasteiger partial charge in [-0.3, -0.25) is 0 Å². The van der Waals surface area contributed by atoms with Gasteiger partial charge in [-0.2, -0.15) is 0 Å². The molecule has 6 heteroatoms. The van der Waals surface area contributed by atoms with Crippen LogP contribution >= 0.6 is 0 Å². The van der Waals surface area contributed by atoms with Crippen LogP contribution in [-0.2, 0) is 0 Å². The van der Waals surface area contributed by atoms with Crippen molar-refractivity contribution in [2.24, 2.45) is 9.98 Å². The third kappa shape index (κ3) is 6.45. The van der Waals surface area contributed by atoms with Gasteiger partial charge in [-0.1, -0.05) is 216 Å². The number of fused-ring (bicyclic) bond motifs is 2. The molecular weight excluding hydrogens is 702 g/mol. The van der Waals surface area contributed by atoms with Crippen molar-refractivity contribution in [2.45, 2.75) is 0 Å². The van der Waals surface area contributed by atoms with Crippen LogP contribution < -0.4 is 31.5 Å². The van der Waals surface area contributed by atoms with E-state index in [-0.39, 0.29) is 13.7 Å². The first-order valence-corrected chi connectivity index (χ1v) is 19.8. The Morgan fingerprint density at radius 3 is 0.845 bits per heavy atom. The Kier molecular flexibility index (Phi) is 9.42. The fourth-order valence-electron chi connectivity index (χ4n) is 8.49. The van der Waals surface area contributed by atoms with Crippen LogP contribution in [0, 0.1) is 0 Å². The minimum absolute atomic E-state index is 0.204. The normalized spacial score (nSPS) is 15.7. The standard InChI is InChI=1S/C52H38B2N4/c1-7-23-39(24-8-1)53(40-25-9-2-10-26-40)57-47-37-21-19-35-45(47)49(55-43-31-15-5-16-32-43)51(57)52-50(56-44-33-17-6-18-34-44)46-36-20-22-38-48(46)58(52)54(41-27-11-3-12-28-41)42-29-13-4-14-30-42/h1-38H/b52-51+,55-49+,56-50+. The van der Waals surface area contributed by atoms with E-state index in [1.807, 2.05) is 12.1 Å². The Hall–Kier alpha value is -7.43. The molecule has 0 aliphatic carbocycles. The van der Waals surface area contributed by atoms with Crippen molar-refractivity contribution in [3.05, 3.63) is 253 Å². The highest BCUT2D eigenvalue weighted by Gasteiger charge is 2.47. The molecule has 0 atom stereocenters. The van der Waals surface area contributed by atoms with Crippen LogP contribution in [-0.4, -0.2) is 25.1 Å². The van der Waals surface area contributed by atoms with Crippen LogP contribution in [0.15, 0.2) is 252 Å². The molecule has 4 nitrogen and oxygen atoms in total. The number of benzene rings is 8. The summed E-state index contributed by atoms with van der Waals surface area (Å²) in [5, 5.41) is 0. The maximum atomic E-state index is 5.62. The van der Waals surface area contributed by atoms with E-state index in [2.05, 4.69) is 228 Å². The molecule has 0 bridgehead atoms. The molecule has 0 spiro atoms. The van der Waals surface area contributed by atoms with Gasteiger partial charge < -0.3 is 9.62 Å². The molecule has 8 aromatic carbocycles. The minimum Gasteiger partial charge on any atom is -0.373 e. The maximum absolute atomic E-state index is 5.62. The quantitative estimate of drug-likeness (QED) is 0.146. The van der Waals surface area contributed by atoms with Gasteiger partial charge in [0, 0.05) is 22.5 Å². The van der Waals surface area contributed by atoms with Crippen LogP contribution in [0.4, 0.5) is 22.7 Å². The first kappa shape index (κ1) is 35.0. The molecule has 0 aromatic heterocycles. The third-order valence-corrected chi connectivity index (χ3v) is 11.0. The number of para-hydroxylation sites is 4. The van der Waals surface area contributed by atoms with E-state index in [0.29, 0.717) is 0 Å².